The van der Waals surface area contributed by atoms with Gasteiger partial charge < -0.3 is 5.32 Å². The predicted octanol–water partition coefficient (Wildman–Crippen LogP) is 3.16. The second-order valence-electron chi connectivity index (χ2n) is 5.02. The molecular formula is C12H19NS. The van der Waals surface area contributed by atoms with Crippen LogP contribution in [0.15, 0.2) is 11.4 Å². The first-order chi connectivity index (χ1) is 6.62. The maximum Gasteiger partial charge on any atom is 0.0303 e. The van der Waals surface area contributed by atoms with Crippen LogP contribution in [0.3, 0.4) is 0 Å². The Bertz CT molecular complexity index is 316. The largest absolute Gasteiger partial charge is 0.311 e. The number of thiophene rings is 1. The topological polar surface area (TPSA) is 12.0 Å². The van der Waals surface area contributed by atoms with Gasteiger partial charge in [0.25, 0.3) is 0 Å². The summed E-state index contributed by atoms with van der Waals surface area (Å²) in [7, 11) is 0. The van der Waals surface area contributed by atoms with Gasteiger partial charge in [0.1, 0.15) is 0 Å². The molecule has 2 rings (SSSR count). The quantitative estimate of drug-likeness (QED) is 0.789. The van der Waals surface area contributed by atoms with Crippen molar-refractivity contribution in [1.29, 1.82) is 0 Å². The fourth-order valence-corrected chi connectivity index (χ4v) is 3.64. The van der Waals surface area contributed by atoms with E-state index in [1.165, 1.54) is 6.42 Å². The highest BCUT2D eigenvalue weighted by molar-refractivity contribution is 7.10. The van der Waals surface area contributed by atoms with E-state index in [1.54, 1.807) is 10.4 Å². The molecule has 1 aliphatic heterocycles. The summed E-state index contributed by atoms with van der Waals surface area (Å²) in [4.78, 5) is 1.54. The van der Waals surface area contributed by atoms with Crippen molar-refractivity contribution in [2.24, 2.45) is 5.92 Å². The van der Waals surface area contributed by atoms with E-state index in [2.05, 4.69) is 37.5 Å². The molecule has 1 nitrogen and oxygen atoms in total. The van der Waals surface area contributed by atoms with Crippen molar-refractivity contribution in [3.63, 3.8) is 0 Å². The first kappa shape index (κ1) is 10.2. The molecule has 1 aromatic rings. The zero-order valence-corrected chi connectivity index (χ0v) is 10.1. The Kier molecular flexibility index (Phi) is 2.67. The maximum absolute atomic E-state index is 3.53. The molecule has 1 unspecified atom stereocenters. The molecule has 1 atom stereocenters. The second-order valence-corrected chi connectivity index (χ2v) is 6.02. The number of hydrogen-bond donors (Lipinski definition) is 1. The first-order valence-electron chi connectivity index (χ1n) is 5.39. The summed E-state index contributed by atoms with van der Waals surface area (Å²) in [5.74, 6) is 0.771. The van der Waals surface area contributed by atoms with E-state index >= 15 is 0 Å². The van der Waals surface area contributed by atoms with Gasteiger partial charge in [-0.2, -0.15) is 0 Å². The zero-order chi connectivity index (χ0) is 10.2. The molecule has 2 heteroatoms. The highest BCUT2D eigenvalue weighted by Crippen LogP contribution is 2.37. The molecule has 0 aromatic carbocycles. The molecule has 1 N–H and O–H groups in total. The standard InChI is InChI=1S/C12H19NS/c1-9(2)6-12(3)8-13-7-11-10(12)4-5-14-11/h4-5,9,13H,6-8H2,1-3H3. The Balaban J connectivity index is 2.30. The number of nitrogens with one attached hydrogen (secondary N) is 1. The monoisotopic (exact) mass is 209 g/mol. The van der Waals surface area contributed by atoms with Crippen molar-refractivity contribution >= 4 is 11.3 Å². The molecule has 0 aliphatic carbocycles. The third kappa shape index (κ3) is 1.73. The summed E-state index contributed by atoms with van der Waals surface area (Å²) in [6.45, 7) is 9.22. The molecule has 1 aliphatic rings. The van der Waals surface area contributed by atoms with Crippen LogP contribution < -0.4 is 5.32 Å². The second kappa shape index (κ2) is 3.67. The lowest BCUT2D eigenvalue weighted by Crippen LogP contribution is -2.40. The fraction of sp³-hybridized carbons (Fsp3) is 0.667. The highest BCUT2D eigenvalue weighted by Gasteiger charge is 2.32. The van der Waals surface area contributed by atoms with Crippen LogP contribution in [0.25, 0.3) is 0 Å². The Morgan fingerprint density at radius 2 is 2.36 bits per heavy atom. The van der Waals surface area contributed by atoms with Gasteiger partial charge in [-0.15, -0.1) is 11.3 Å². The minimum Gasteiger partial charge on any atom is -0.311 e. The molecule has 14 heavy (non-hydrogen) atoms. The number of hydrogen-bond acceptors (Lipinski definition) is 2. The van der Waals surface area contributed by atoms with Crippen LogP contribution in [0.2, 0.25) is 0 Å². The van der Waals surface area contributed by atoms with E-state index < -0.39 is 0 Å². The van der Waals surface area contributed by atoms with Gasteiger partial charge in [0.05, 0.1) is 0 Å². The molecule has 0 saturated heterocycles. The third-order valence-corrected chi connectivity index (χ3v) is 3.98. The van der Waals surface area contributed by atoms with Crippen LogP contribution in [-0.2, 0) is 12.0 Å². The number of fused-ring (bicyclic) bond motifs is 1. The van der Waals surface area contributed by atoms with E-state index in [9.17, 15) is 0 Å². The van der Waals surface area contributed by atoms with Gasteiger partial charge in [0.2, 0.25) is 0 Å². The summed E-state index contributed by atoms with van der Waals surface area (Å²) in [6.07, 6.45) is 1.28. The molecule has 78 valence electrons. The third-order valence-electron chi connectivity index (χ3n) is 3.06. The van der Waals surface area contributed by atoms with Crippen molar-refractivity contribution in [3.05, 3.63) is 21.9 Å². The van der Waals surface area contributed by atoms with Crippen LogP contribution >= 0.6 is 11.3 Å². The Morgan fingerprint density at radius 1 is 1.57 bits per heavy atom. The van der Waals surface area contributed by atoms with E-state index in [-0.39, 0.29) is 0 Å². The van der Waals surface area contributed by atoms with Gasteiger partial charge in [-0.1, -0.05) is 20.8 Å². The van der Waals surface area contributed by atoms with Gasteiger partial charge in [0, 0.05) is 23.4 Å². The Hall–Kier alpha value is -0.340. The molecule has 0 bridgehead atoms. The molecule has 1 aromatic heterocycles. The molecule has 0 spiro atoms. The van der Waals surface area contributed by atoms with Gasteiger partial charge in [-0.05, 0) is 29.3 Å². The smallest absolute Gasteiger partial charge is 0.0303 e. The summed E-state index contributed by atoms with van der Waals surface area (Å²) >= 11 is 1.89. The van der Waals surface area contributed by atoms with E-state index in [0.29, 0.717) is 5.41 Å². The van der Waals surface area contributed by atoms with Crippen LogP contribution in [0.1, 0.15) is 37.6 Å². The summed E-state index contributed by atoms with van der Waals surface area (Å²) < 4.78 is 0. The van der Waals surface area contributed by atoms with Crippen molar-refractivity contribution in [2.75, 3.05) is 6.54 Å². The summed E-state index contributed by atoms with van der Waals surface area (Å²) in [5.41, 5.74) is 1.96. The Labute approximate surface area is 90.5 Å². The van der Waals surface area contributed by atoms with Crippen molar-refractivity contribution < 1.29 is 0 Å². The predicted molar refractivity (Wildman–Crippen MR) is 62.8 cm³/mol. The molecule has 0 amide bonds. The normalized spacial score (nSPS) is 26.6. The van der Waals surface area contributed by atoms with Gasteiger partial charge in [-0.3, -0.25) is 0 Å². The van der Waals surface area contributed by atoms with Crippen LogP contribution in [0.5, 0.6) is 0 Å². The van der Waals surface area contributed by atoms with Crippen molar-refractivity contribution in [2.45, 2.75) is 39.2 Å². The van der Waals surface area contributed by atoms with Crippen LogP contribution in [0, 0.1) is 5.92 Å². The van der Waals surface area contributed by atoms with E-state index in [1.807, 2.05) is 11.3 Å². The average molecular weight is 209 g/mol. The zero-order valence-electron chi connectivity index (χ0n) is 9.26. The minimum atomic E-state index is 0.363. The molecule has 2 heterocycles. The van der Waals surface area contributed by atoms with Gasteiger partial charge >= 0.3 is 0 Å². The molecule has 0 radical (unpaired) electrons. The van der Waals surface area contributed by atoms with Crippen LogP contribution in [0.4, 0.5) is 0 Å². The number of rotatable bonds is 2. The summed E-state index contributed by atoms with van der Waals surface area (Å²) in [6, 6.07) is 2.32. The van der Waals surface area contributed by atoms with Gasteiger partial charge in [0.15, 0.2) is 0 Å². The fourth-order valence-electron chi connectivity index (χ4n) is 2.65. The SMILES string of the molecule is CC(C)CC1(C)CNCc2sccc21. The highest BCUT2D eigenvalue weighted by atomic mass is 32.1. The molecule has 0 fully saturated rings. The molecule has 0 saturated carbocycles. The average Bonchev–Trinajstić information content (AvgIpc) is 2.51. The lowest BCUT2D eigenvalue weighted by atomic mass is 9.74. The van der Waals surface area contributed by atoms with E-state index in [4.69, 9.17) is 0 Å². The van der Waals surface area contributed by atoms with Crippen molar-refractivity contribution in [1.82, 2.24) is 5.32 Å². The van der Waals surface area contributed by atoms with Crippen molar-refractivity contribution in [3.8, 4) is 0 Å². The lowest BCUT2D eigenvalue weighted by Gasteiger charge is -2.36. The molecular weight excluding hydrogens is 190 g/mol. The lowest BCUT2D eigenvalue weighted by molar-refractivity contribution is 0.331. The maximum atomic E-state index is 3.53. The van der Waals surface area contributed by atoms with Gasteiger partial charge in [-0.25, -0.2) is 0 Å². The van der Waals surface area contributed by atoms with Crippen LogP contribution in [-0.4, -0.2) is 6.54 Å². The van der Waals surface area contributed by atoms with E-state index in [0.717, 1.165) is 19.0 Å². The first-order valence-corrected chi connectivity index (χ1v) is 6.27. The summed E-state index contributed by atoms with van der Waals surface area (Å²) in [5, 5.41) is 5.77. The minimum absolute atomic E-state index is 0.363. The Morgan fingerprint density at radius 3 is 3.07 bits per heavy atom.